The van der Waals surface area contributed by atoms with Crippen LogP contribution in [0.3, 0.4) is 0 Å². The number of rotatable bonds is 4. The first-order chi connectivity index (χ1) is 10.1. The Balaban J connectivity index is 2.48. The molecule has 1 heterocycles. The summed E-state index contributed by atoms with van der Waals surface area (Å²) in [6, 6.07) is 7.61. The van der Waals surface area contributed by atoms with E-state index in [2.05, 4.69) is 16.9 Å². The molecule has 0 atom stereocenters. The standard InChI is InChI=1S/C15H17N5O/c1-3-6-21-12-5-4-10(7-9(12)2)13-11(8-16)14(17)20-15(18)19-13/h4-5,7H,3,6H2,1-2H3,(H4,17,18,19,20). The number of hydrogen-bond acceptors (Lipinski definition) is 6. The van der Waals surface area contributed by atoms with Crippen LogP contribution in [-0.4, -0.2) is 16.6 Å². The summed E-state index contributed by atoms with van der Waals surface area (Å²) in [5.41, 5.74) is 13.7. The maximum absolute atomic E-state index is 9.22. The molecular weight excluding hydrogens is 266 g/mol. The number of nitrogen functional groups attached to an aromatic ring is 2. The van der Waals surface area contributed by atoms with Gasteiger partial charge in [0.15, 0.2) is 0 Å². The largest absolute Gasteiger partial charge is 0.493 e. The van der Waals surface area contributed by atoms with Gasteiger partial charge in [-0.05, 0) is 37.1 Å². The molecule has 0 saturated heterocycles. The zero-order chi connectivity index (χ0) is 15.4. The second-order valence-electron chi connectivity index (χ2n) is 4.63. The first-order valence-electron chi connectivity index (χ1n) is 6.63. The number of nitriles is 1. The molecule has 6 nitrogen and oxygen atoms in total. The maximum Gasteiger partial charge on any atom is 0.222 e. The van der Waals surface area contributed by atoms with Crippen molar-refractivity contribution in [3.63, 3.8) is 0 Å². The number of benzene rings is 1. The predicted molar refractivity (Wildman–Crippen MR) is 81.5 cm³/mol. The van der Waals surface area contributed by atoms with E-state index in [0.29, 0.717) is 12.3 Å². The smallest absolute Gasteiger partial charge is 0.222 e. The lowest BCUT2D eigenvalue weighted by Gasteiger charge is -2.11. The van der Waals surface area contributed by atoms with Crippen molar-refractivity contribution >= 4 is 11.8 Å². The third kappa shape index (κ3) is 3.03. The summed E-state index contributed by atoms with van der Waals surface area (Å²) in [6.07, 6.45) is 0.943. The van der Waals surface area contributed by atoms with E-state index in [1.165, 1.54) is 0 Å². The van der Waals surface area contributed by atoms with Gasteiger partial charge in [0, 0.05) is 5.56 Å². The van der Waals surface area contributed by atoms with Crippen molar-refractivity contribution in [3.8, 4) is 23.1 Å². The Morgan fingerprint density at radius 3 is 2.67 bits per heavy atom. The first kappa shape index (κ1) is 14.6. The topological polar surface area (TPSA) is 111 Å². The molecule has 0 unspecified atom stereocenters. The number of nitrogens with two attached hydrogens (primary N) is 2. The number of anilines is 2. The van der Waals surface area contributed by atoms with Gasteiger partial charge in [-0.1, -0.05) is 6.92 Å². The van der Waals surface area contributed by atoms with Crippen molar-refractivity contribution in [1.29, 1.82) is 5.26 Å². The second-order valence-corrected chi connectivity index (χ2v) is 4.63. The van der Waals surface area contributed by atoms with Gasteiger partial charge >= 0.3 is 0 Å². The zero-order valence-corrected chi connectivity index (χ0v) is 12.1. The van der Waals surface area contributed by atoms with Crippen LogP contribution in [0.2, 0.25) is 0 Å². The Labute approximate surface area is 123 Å². The fourth-order valence-electron chi connectivity index (χ4n) is 1.99. The van der Waals surface area contributed by atoms with Crippen LogP contribution in [-0.2, 0) is 0 Å². The molecule has 108 valence electrons. The van der Waals surface area contributed by atoms with Crippen molar-refractivity contribution in [3.05, 3.63) is 29.3 Å². The molecule has 0 saturated carbocycles. The Hall–Kier alpha value is -2.81. The molecule has 1 aromatic heterocycles. The highest BCUT2D eigenvalue weighted by Gasteiger charge is 2.14. The van der Waals surface area contributed by atoms with Crippen LogP contribution >= 0.6 is 0 Å². The molecule has 0 aliphatic carbocycles. The number of ether oxygens (including phenoxy) is 1. The average molecular weight is 283 g/mol. The summed E-state index contributed by atoms with van der Waals surface area (Å²) >= 11 is 0. The van der Waals surface area contributed by atoms with Crippen LogP contribution in [0.4, 0.5) is 11.8 Å². The van der Waals surface area contributed by atoms with Crippen molar-refractivity contribution in [2.75, 3.05) is 18.1 Å². The molecule has 0 aliphatic heterocycles. The Morgan fingerprint density at radius 2 is 2.05 bits per heavy atom. The van der Waals surface area contributed by atoms with Gasteiger partial charge in [0.2, 0.25) is 5.95 Å². The highest BCUT2D eigenvalue weighted by atomic mass is 16.5. The molecule has 21 heavy (non-hydrogen) atoms. The highest BCUT2D eigenvalue weighted by molar-refractivity contribution is 5.74. The summed E-state index contributed by atoms with van der Waals surface area (Å²) in [7, 11) is 0. The predicted octanol–water partition coefficient (Wildman–Crippen LogP) is 2.28. The van der Waals surface area contributed by atoms with Gasteiger partial charge in [-0.2, -0.15) is 10.2 Å². The number of nitrogens with zero attached hydrogens (tertiary/aromatic N) is 3. The van der Waals surface area contributed by atoms with Gasteiger partial charge < -0.3 is 16.2 Å². The summed E-state index contributed by atoms with van der Waals surface area (Å²) in [4.78, 5) is 7.94. The fourth-order valence-corrected chi connectivity index (χ4v) is 1.99. The minimum Gasteiger partial charge on any atom is -0.493 e. The molecule has 0 aliphatic rings. The van der Waals surface area contributed by atoms with E-state index < -0.39 is 0 Å². The van der Waals surface area contributed by atoms with Crippen molar-refractivity contribution in [2.45, 2.75) is 20.3 Å². The third-order valence-electron chi connectivity index (χ3n) is 2.98. The van der Waals surface area contributed by atoms with Gasteiger partial charge in [-0.3, -0.25) is 0 Å². The van der Waals surface area contributed by atoms with Crippen molar-refractivity contribution in [2.24, 2.45) is 0 Å². The van der Waals surface area contributed by atoms with Crippen LogP contribution in [0, 0.1) is 18.3 Å². The van der Waals surface area contributed by atoms with Gasteiger partial charge in [-0.15, -0.1) is 0 Å². The van der Waals surface area contributed by atoms with E-state index in [4.69, 9.17) is 16.2 Å². The third-order valence-corrected chi connectivity index (χ3v) is 2.98. The summed E-state index contributed by atoms with van der Waals surface area (Å²) in [5.74, 6) is 0.948. The molecule has 0 bridgehead atoms. The highest BCUT2D eigenvalue weighted by Crippen LogP contribution is 2.29. The summed E-state index contributed by atoms with van der Waals surface area (Å²) < 4.78 is 5.63. The lowest BCUT2D eigenvalue weighted by molar-refractivity contribution is 0.315. The molecule has 0 radical (unpaired) electrons. The molecule has 2 rings (SSSR count). The normalized spacial score (nSPS) is 10.1. The van der Waals surface area contributed by atoms with Crippen LogP contribution in [0.15, 0.2) is 18.2 Å². The lowest BCUT2D eigenvalue weighted by atomic mass is 10.0. The van der Waals surface area contributed by atoms with Gasteiger partial charge in [0.25, 0.3) is 0 Å². The van der Waals surface area contributed by atoms with Crippen molar-refractivity contribution in [1.82, 2.24) is 9.97 Å². The van der Waals surface area contributed by atoms with Crippen molar-refractivity contribution < 1.29 is 4.74 Å². The van der Waals surface area contributed by atoms with E-state index >= 15 is 0 Å². The molecule has 2 aromatic rings. The number of aromatic nitrogens is 2. The molecule has 6 heteroatoms. The van der Waals surface area contributed by atoms with E-state index in [1.807, 2.05) is 31.2 Å². The van der Waals surface area contributed by atoms with Gasteiger partial charge in [-0.25, -0.2) is 4.98 Å². The van der Waals surface area contributed by atoms with E-state index in [-0.39, 0.29) is 17.3 Å². The van der Waals surface area contributed by atoms with E-state index in [1.54, 1.807) is 0 Å². The molecule has 0 fully saturated rings. The maximum atomic E-state index is 9.22. The second kappa shape index (κ2) is 6.09. The van der Waals surface area contributed by atoms with Crippen LogP contribution < -0.4 is 16.2 Å². The zero-order valence-electron chi connectivity index (χ0n) is 12.1. The minimum atomic E-state index is 0.0467. The Morgan fingerprint density at radius 1 is 1.29 bits per heavy atom. The first-order valence-corrected chi connectivity index (χ1v) is 6.63. The molecule has 0 amide bonds. The average Bonchev–Trinajstić information content (AvgIpc) is 2.45. The Kier molecular flexibility index (Phi) is 4.24. The lowest BCUT2D eigenvalue weighted by Crippen LogP contribution is -2.05. The minimum absolute atomic E-state index is 0.0467. The number of hydrogen-bond donors (Lipinski definition) is 2. The fraction of sp³-hybridized carbons (Fsp3) is 0.267. The van der Waals surface area contributed by atoms with E-state index in [9.17, 15) is 5.26 Å². The van der Waals surface area contributed by atoms with Gasteiger partial charge in [0.05, 0.1) is 12.3 Å². The molecule has 4 N–H and O–H groups in total. The van der Waals surface area contributed by atoms with Crippen LogP contribution in [0.25, 0.3) is 11.3 Å². The quantitative estimate of drug-likeness (QED) is 0.890. The Bertz CT molecular complexity index is 706. The van der Waals surface area contributed by atoms with Crippen LogP contribution in [0.1, 0.15) is 24.5 Å². The summed E-state index contributed by atoms with van der Waals surface area (Å²) in [5, 5.41) is 9.22. The van der Waals surface area contributed by atoms with Gasteiger partial charge in [0.1, 0.15) is 23.2 Å². The summed E-state index contributed by atoms with van der Waals surface area (Å²) in [6.45, 7) is 4.65. The monoisotopic (exact) mass is 283 g/mol. The molecular formula is C15H17N5O. The molecule has 0 spiro atoms. The van der Waals surface area contributed by atoms with E-state index in [0.717, 1.165) is 23.3 Å². The number of aryl methyl sites for hydroxylation is 1. The van der Waals surface area contributed by atoms with Crippen LogP contribution in [0.5, 0.6) is 5.75 Å². The molecule has 1 aromatic carbocycles. The SMILES string of the molecule is CCCOc1ccc(-c2nc(N)nc(N)c2C#N)cc1C.